The summed E-state index contributed by atoms with van der Waals surface area (Å²) in [4.78, 5) is 22.8. The van der Waals surface area contributed by atoms with Gasteiger partial charge < -0.3 is 5.32 Å². The highest BCUT2D eigenvalue weighted by Gasteiger charge is 2.19. The lowest BCUT2D eigenvalue weighted by Crippen LogP contribution is -2.22. The van der Waals surface area contributed by atoms with Crippen LogP contribution in [0.1, 0.15) is 27.1 Å². The first-order valence-electron chi connectivity index (χ1n) is 4.19. The minimum atomic E-state index is -0.151. The predicted molar refractivity (Wildman–Crippen MR) is 47.7 cm³/mol. The Morgan fingerprint density at radius 1 is 1.08 bits per heavy atom. The zero-order valence-corrected chi connectivity index (χ0v) is 7.04. The van der Waals surface area contributed by atoms with Crippen LogP contribution in [0.25, 0.3) is 0 Å². The van der Waals surface area contributed by atoms with Crippen LogP contribution in [0.2, 0.25) is 0 Å². The molecule has 1 aliphatic heterocycles. The van der Waals surface area contributed by atoms with Gasteiger partial charge in [-0.1, -0.05) is 18.2 Å². The average molecular weight is 175 g/mol. The van der Waals surface area contributed by atoms with E-state index in [0.29, 0.717) is 24.1 Å². The number of nitrogens with one attached hydrogen (secondary N) is 1. The number of rotatable bonds is 0. The molecular weight excluding hydrogens is 166 g/mol. The van der Waals surface area contributed by atoms with E-state index < -0.39 is 0 Å². The van der Waals surface area contributed by atoms with Crippen molar-refractivity contribution in [2.45, 2.75) is 6.42 Å². The van der Waals surface area contributed by atoms with Gasteiger partial charge in [-0.2, -0.15) is 0 Å². The van der Waals surface area contributed by atoms with Crippen LogP contribution in [0, 0.1) is 0 Å². The quantitative estimate of drug-likeness (QED) is 0.639. The fourth-order valence-corrected chi connectivity index (χ4v) is 1.44. The normalized spacial score (nSPS) is 16.0. The van der Waals surface area contributed by atoms with E-state index in [2.05, 4.69) is 5.32 Å². The van der Waals surface area contributed by atoms with Crippen molar-refractivity contribution in [3.05, 3.63) is 35.4 Å². The van der Waals surface area contributed by atoms with E-state index in [1.165, 1.54) is 0 Å². The van der Waals surface area contributed by atoms with Crippen LogP contribution in [-0.4, -0.2) is 18.2 Å². The molecule has 0 unspecified atom stereocenters. The number of ketones is 1. The largest absolute Gasteiger partial charge is 0.352 e. The summed E-state index contributed by atoms with van der Waals surface area (Å²) >= 11 is 0. The van der Waals surface area contributed by atoms with E-state index in [9.17, 15) is 9.59 Å². The first-order valence-corrected chi connectivity index (χ1v) is 4.19. The molecule has 1 aromatic rings. The number of hydrogen-bond acceptors (Lipinski definition) is 2. The summed E-state index contributed by atoms with van der Waals surface area (Å²) in [5.41, 5.74) is 1.03. The van der Waals surface area contributed by atoms with E-state index in [0.717, 1.165) is 0 Å². The van der Waals surface area contributed by atoms with Gasteiger partial charge in [0, 0.05) is 18.5 Å². The van der Waals surface area contributed by atoms with Crippen LogP contribution in [0.15, 0.2) is 24.3 Å². The van der Waals surface area contributed by atoms with Gasteiger partial charge in [-0.3, -0.25) is 9.59 Å². The van der Waals surface area contributed by atoms with Gasteiger partial charge >= 0.3 is 0 Å². The van der Waals surface area contributed by atoms with Crippen molar-refractivity contribution in [1.82, 2.24) is 5.32 Å². The van der Waals surface area contributed by atoms with E-state index in [-0.39, 0.29) is 11.7 Å². The second-order valence-electron chi connectivity index (χ2n) is 2.97. The van der Waals surface area contributed by atoms with Gasteiger partial charge in [-0.25, -0.2) is 0 Å². The minimum absolute atomic E-state index is 0.0361. The molecule has 0 aromatic heterocycles. The number of carbonyl (C=O) groups excluding carboxylic acids is 2. The first-order chi connectivity index (χ1) is 6.29. The molecule has 1 aromatic carbocycles. The zero-order valence-electron chi connectivity index (χ0n) is 7.04. The van der Waals surface area contributed by atoms with Gasteiger partial charge in [0.1, 0.15) is 0 Å². The minimum Gasteiger partial charge on any atom is -0.352 e. The Bertz CT molecular complexity index is 336. The van der Waals surface area contributed by atoms with Gasteiger partial charge in [0.15, 0.2) is 5.78 Å². The maximum absolute atomic E-state index is 11.5. The Balaban J connectivity index is 2.57. The van der Waals surface area contributed by atoms with Crippen molar-refractivity contribution in [2.75, 3.05) is 6.54 Å². The van der Waals surface area contributed by atoms with Crippen molar-refractivity contribution in [3.63, 3.8) is 0 Å². The maximum atomic E-state index is 11.5. The number of benzene rings is 1. The molecule has 2 rings (SSSR count). The summed E-state index contributed by atoms with van der Waals surface area (Å²) in [5.74, 6) is -0.115. The van der Waals surface area contributed by atoms with Crippen molar-refractivity contribution >= 4 is 11.7 Å². The molecular formula is C10H9NO2. The van der Waals surface area contributed by atoms with Crippen molar-refractivity contribution < 1.29 is 9.59 Å². The lowest BCUT2D eigenvalue weighted by Gasteiger charge is -2.00. The topological polar surface area (TPSA) is 46.2 Å². The third-order valence-corrected chi connectivity index (χ3v) is 2.11. The standard InChI is InChI=1S/C10H9NO2/c12-9-5-6-11-10(13)8-4-2-1-3-7(8)9/h1-4H,5-6H2,(H,11,13). The van der Waals surface area contributed by atoms with Gasteiger partial charge in [0.05, 0.1) is 5.56 Å². The summed E-state index contributed by atoms with van der Waals surface area (Å²) in [6.45, 7) is 0.437. The van der Waals surface area contributed by atoms with Crippen LogP contribution < -0.4 is 5.32 Å². The number of amides is 1. The highest BCUT2D eigenvalue weighted by molar-refractivity contribution is 6.09. The second kappa shape index (κ2) is 3.01. The predicted octanol–water partition coefficient (Wildman–Crippen LogP) is 1.00. The SMILES string of the molecule is O=C1CCNC(=O)c2ccccc21. The lowest BCUT2D eigenvalue weighted by atomic mass is 10.0. The van der Waals surface area contributed by atoms with Crippen molar-refractivity contribution in [3.8, 4) is 0 Å². The molecule has 0 radical (unpaired) electrons. The molecule has 1 heterocycles. The Morgan fingerprint density at radius 3 is 2.54 bits per heavy atom. The molecule has 66 valence electrons. The molecule has 0 bridgehead atoms. The Kier molecular flexibility index (Phi) is 1.85. The highest BCUT2D eigenvalue weighted by atomic mass is 16.2. The molecule has 0 saturated heterocycles. The maximum Gasteiger partial charge on any atom is 0.252 e. The fraction of sp³-hybridized carbons (Fsp3) is 0.200. The molecule has 0 fully saturated rings. The van der Waals surface area contributed by atoms with Crippen molar-refractivity contribution in [1.29, 1.82) is 0 Å². The number of carbonyl (C=O) groups is 2. The van der Waals surface area contributed by atoms with E-state index >= 15 is 0 Å². The van der Waals surface area contributed by atoms with Crippen LogP contribution in [0.3, 0.4) is 0 Å². The zero-order chi connectivity index (χ0) is 9.26. The van der Waals surface area contributed by atoms with Crippen LogP contribution in [-0.2, 0) is 0 Å². The highest BCUT2D eigenvalue weighted by Crippen LogP contribution is 2.13. The molecule has 0 atom stereocenters. The second-order valence-corrected chi connectivity index (χ2v) is 2.97. The molecule has 0 aliphatic carbocycles. The summed E-state index contributed by atoms with van der Waals surface area (Å²) < 4.78 is 0. The molecule has 3 nitrogen and oxygen atoms in total. The van der Waals surface area contributed by atoms with E-state index in [1.807, 2.05) is 0 Å². The third-order valence-electron chi connectivity index (χ3n) is 2.11. The molecule has 0 saturated carbocycles. The number of fused-ring (bicyclic) bond motifs is 1. The first kappa shape index (κ1) is 7.98. The van der Waals surface area contributed by atoms with Gasteiger partial charge in [0.25, 0.3) is 5.91 Å². The molecule has 0 spiro atoms. The molecule has 1 aliphatic rings. The van der Waals surface area contributed by atoms with E-state index in [4.69, 9.17) is 0 Å². The molecule has 1 amide bonds. The van der Waals surface area contributed by atoms with Crippen molar-refractivity contribution in [2.24, 2.45) is 0 Å². The number of Topliss-reactive ketones (excluding diaryl/α,β-unsaturated/α-hetero) is 1. The number of hydrogen-bond donors (Lipinski definition) is 1. The van der Waals surface area contributed by atoms with Crippen LogP contribution >= 0.6 is 0 Å². The Hall–Kier alpha value is -1.64. The molecule has 13 heavy (non-hydrogen) atoms. The van der Waals surface area contributed by atoms with Gasteiger partial charge in [0.2, 0.25) is 0 Å². The fourth-order valence-electron chi connectivity index (χ4n) is 1.44. The Morgan fingerprint density at radius 2 is 1.77 bits per heavy atom. The van der Waals surface area contributed by atoms with Gasteiger partial charge in [-0.15, -0.1) is 0 Å². The molecule has 1 N–H and O–H groups in total. The van der Waals surface area contributed by atoms with Crippen LogP contribution in [0.4, 0.5) is 0 Å². The Labute approximate surface area is 75.8 Å². The molecule has 3 heteroatoms. The monoisotopic (exact) mass is 175 g/mol. The smallest absolute Gasteiger partial charge is 0.252 e. The van der Waals surface area contributed by atoms with Crippen LogP contribution in [0.5, 0.6) is 0 Å². The lowest BCUT2D eigenvalue weighted by molar-refractivity contribution is 0.0956. The average Bonchev–Trinajstić information content (AvgIpc) is 2.29. The van der Waals surface area contributed by atoms with E-state index in [1.54, 1.807) is 24.3 Å². The summed E-state index contributed by atoms with van der Waals surface area (Å²) in [6.07, 6.45) is 0.392. The summed E-state index contributed by atoms with van der Waals surface area (Å²) in [6, 6.07) is 6.91. The summed E-state index contributed by atoms with van der Waals surface area (Å²) in [5, 5.41) is 2.67. The third kappa shape index (κ3) is 1.33. The van der Waals surface area contributed by atoms with Gasteiger partial charge in [-0.05, 0) is 6.07 Å². The summed E-state index contributed by atoms with van der Waals surface area (Å²) in [7, 11) is 0.